The van der Waals surface area contributed by atoms with Gasteiger partial charge in [0.05, 0.1) is 0 Å². The third-order valence-corrected chi connectivity index (χ3v) is 14.7. The summed E-state index contributed by atoms with van der Waals surface area (Å²) in [7, 11) is 0. The summed E-state index contributed by atoms with van der Waals surface area (Å²) in [6.07, 6.45) is 0. The molecule has 0 fully saturated rings. The van der Waals surface area contributed by atoms with Crippen LogP contribution in [0.3, 0.4) is 0 Å². The van der Waals surface area contributed by atoms with Gasteiger partial charge in [0.1, 0.15) is 11.2 Å². The van der Waals surface area contributed by atoms with Crippen LogP contribution in [-0.4, -0.2) is 15.0 Å². The quantitative estimate of drug-likeness (QED) is 0.167. The molecule has 0 aliphatic carbocycles. The van der Waals surface area contributed by atoms with Crippen molar-refractivity contribution in [2.24, 2.45) is 0 Å². The van der Waals surface area contributed by atoms with Gasteiger partial charge in [-0.15, -0.1) is 11.3 Å². The fourth-order valence-corrected chi connectivity index (χ4v) is 11.3. The number of nitrogens with zero attached hydrogens (tertiary/aromatic N) is 3. The van der Waals surface area contributed by atoms with Crippen molar-refractivity contribution < 1.29 is 4.42 Å². The summed E-state index contributed by atoms with van der Waals surface area (Å²) in [5.74, 6) is 1.86. The van der Waals surface area contributed by atoms with E-state index in [0.29, 0.717) is 17.5 Å². The summed E-state index contributed by atoms with van der Waals surface area (Å²) in [6, 6.07) is 80.0. The summed E-state index contributed by atoms with van der Waals surface area (Å²) in [5.41, 5.74) is 11.5. The molecule has 316 valence electrons. The molecule has 4 nitrogen and oxygen atoms in total. The molecule has 3 heterocycles. The molecule has 11 aromatic carbocycles. The molecule has 0 bridgehead atoms. The fraction of sp³-hybridized carbons (Fsp3) is 0. The molecule has 0 N–H and O–H groups in total. The standard InChI is InChI=1S/C63H37N3OS/c1-2-11-38(12-3-1)39-21-23-40(24-22-39)61-64-62(46-26-28-48-43(33-46)15-10-19-47(48)45-25-29-53-52-18-8-9-20-59(52)68-60(53)37-45)66-63(65-61)54-31-30-49(50-16-6-7-17-51(50)54)44-27-32-57-55(35-44)56-34-41-13-4-5-14-42(41)36-58(56)67-57/h1-37H. The van der Waals surface area contributed by atoms with E-state index in [1.165, 1.54) is 47.5 Å². The molecule has 0 aliphatic rings. The molecule has 0 atom stereocenters. The van der Waals surface area contributed by atoms with Crippen molar-refractivity contribution in [2.75, 3.05) is 0 Å². The van der Waals surface area contributed by atoms with Gasteiger partial charge in [-0.2, -0.15) is 0 Å². The van der Waals surface area contributed by atoms with Crippen LogP contribution in [0.1, 0.15) is 0 Å². The largest absolute Gasteiger partial charge is 0.456 e. The molecule has 3 aromatic heterocycles. The first-order valence-corrected chi connectivity index (χ1v) is 23.7. The van der Waals surface area contributed by atoms with E-state index in [9.17, 15) is 0 Å². The van der Waals surface area contributed by atoms with Crippen LogP contribution in [0.4, 0.5) is 0 Å². The van der Waals surface area contributed by atoms with Gasteiger partial charge in [-0.05, 0) is 114 Å². The zero-order valence-corrected chi connectivity index (χ0v) is 37.3. The van der Waals surface area contributed by atoms with E-state index in [1.54, 1.807) is 0 Å². The van der Waals surface area contributed by atoms with Crippen LogP contribution in [0.15, 0.2) is 229 Å². The second-order valence-electron chi connectivity index (χ2n) is 17.5. The zero-order valence-electron chi connectivity index (χ0n) is 36.5. The minimum absolute atomic E-state index is 0.619. The van der Waals surface area contributed by atoms with Crippen LogP contribution in [0, 0.1) is 0 Å². The Hall–Kier alpha value is -8.77. The maximum absolute atomic E-state index is 6.39. The number of benzene rings is 11. The van der Waals surface area contributed by atoms with E-state index in [4.69, 9.17) is 19.4 Å². The van der Waals surface area contributed by atoms with Gasteiger partial charge in [-0.3, -0.25) is 0 Å². The normalized spacial score (nSPS) is 11.8. The van der Waals surface area contributed by atoms with Crippen molar-refractivity contribution in [3.05, 3.63) is 224 Å². The summed E-state index contributed by atoms with van der Waals surface area (Å²) < 4.78 is 8.99. The van der Waals surface area contributed by atoms with Gasteiger partial charge in [0.15, 0.2) is 17.5 Å². The minimum atomic E-state index is 0.619. The predicted molar refractivity (Wildman–Crippen MR) is 285 cm³/mol. The van der Waals surface area contributed by atoms with Gasteiger partial charge in [-0.1, -0.05) is 176 Å². The Morgan fingerprint density at radius 2 is 0.824 bits per heavy atom. The Morgan fingerprint density at radius 3 is 1.68 bits per heavy atom. The Labute approximate surface area is 395 Å². The van der Waals surface area contributed by atoms with Crippen molar-refractivity contribution in [1.29, 1.82) is 0 Å². The highest BCUT2D eigenvalue weighted by molar-refractivity contribution is 7.25. The summed E-state index contributed by atoms with van der Waals surface area (Å²) >= 11 is 1.85. The van der Waals surface area contributed by atoms with Crippen LogP contribution in [-0.2, 0) is 0 Å². The van der Waals surface area contributed by atoms with E-state index in [0.717, 1.165) is 77.0 Å². The molecule has 0 unspecified atom stereocenters. The van der Waals surface area contributed by atoms with Gasteiger partial charge in [0, 0.05) is 47.6 Å². The Kier molecular flexibility index (Phi) is 8.73. The van der Waals surface area contributed by atoms with Crippen LogP contribution in [0.2, 0.25) is 0 Å². The molecule has 0 saturated carbocycles. The predicted octanol–water partition coefficient (Wildman–Crippen LogP) is 17.6. The second-order valence-corrected chi connectivity index (χ2v) is 18.6. The number of hydrogen-bond acceptors (Lipinski definition) is 5. The highest BCUT2D eigenvalue weighted by atomic mass is 32.1. The number of thiophene rings is 1. The highest BCUT2D eigenvalue weighted by Crippen LogP contribution is 2.41. The summed E-state index contributed by atoms with van der Waals surface area (Å²) in [6.45, 7) is 0. The molecular formula is C63H37N3OS. The molecule has 68 heavy (non-hydrogen) atoms. The van der Waals surface area contributed by atoms with Gasteiger partial charge in [0.25, 0.3) is 0 Å². The van der Waals surface area contributed by atoms with E-state index < -0.39 is 0 Å². The average molecular weight is 884 g/mol. The molecule has 0 amide bonds. The van der Waals surface area contributed by atoms with Gasteiger partial charge in [0.2, 0.25) is 0 Å². The van der Waals surface area contributed by atoms with E-state index in [-0.39, 0.29) is 0 Å². The number of rotatable bonds is 6. The van der Waals surface area contributed by atoms with E-state index >= 15 is 0 Å². The molecule has 0 spiro atoms. The van der Waals surface area contributed by atoms with Crippen molar-refractivity contribution in [3.63, 3.8) is 0 Å². The lowest BCUT2D eigenvalue weighted by Crippen LogP contribution is -2.01. The summed E-state index contributed by atoms with van der Waals surface area (Å²) in [4.78, 5) is 15.8. The molecule has 0 saturated heterocycles. The first-order chi connectivity index (χ1) is 33.6. The van der Waals surface area contributed by atoms with Gasteiger partial charge < -0.3 is 4.42 Å². The second kappa shape index (κ2) is 15.4. The van der Waals surface area contributed by atoms with Crippen molar-refractivity contribution in [2.45, 2.75) is 0 Å². The molecule has 14 rings (SSSR count). The fourth-order valence-electron chi connectivity index (χ4n) is 10.1. The third kappa shape index (κ3) is 6.39. The number of furan rings is 1. The van der Waals surface area contributed by atoms with Crippen LogP contribution in [0.25, 0.3) is 142 Å². The van der Waals surface area contributed by atoms with Crippen molar-refractivity contribution in [3.8, 4) is 67.5 Å². The first-order valence-electron chi connectivity index (χ1n) is 22.9. The van der Waals surface area contributed by atoms with Crippen LogP contribution < -0.4 is 0 Å². The molecule has 5 heteroatoms. The molecular weight excluding hydrogens is 847 g/mol. The van der Waals surface area contributed by atoms with Gasteiger partial charge >= 0.3 is 0 Å². The lowest BCUT2D eigenvalue weighted by Gasteiger charge is -2.14. The Bertz CT molecular complexity index is 4320. The first kappa shape index (κ1) is 38.5. The van der Waals surface area contributed by atoms with E-state index in [1.807, 2.05) is 17.4 Å². The maximum Gasteiger partial charge on any atom is 0.164 e. The lowest BCUT2D eigenvalue weighted by atomic mass is 9.93. The van der Waals surface area contributed by atoms with E-state index in [2.05, 4.69) is 218 Å². The average Bonchev–Trinajstić information content (AvgIpc) is 3.96. The number of aromatic nitrogens is 3. The third-order valence-electron chi connectivity index (χ3n) is 13.5. The number of hydrogen-bond donors (Lipinski definition) is 0. The lowest BCUT2D eigenvalue weighted by molar-refractivity contribution is 0.669. The molecule has 14 aromatic rings. The monoisotopic (exact) mass is 883 g/mol. The Balaban J connectivity index is 0.902. The topological polar surface area (TPSA) is 51.8 Å². The summed E-state index contributed by atoms with van der Waals surface area (Å²) in [5, 5.41) is 11.7. The molecule has 0 radical (unpaired) electrons. The van der Waals surface area contributed by atoms with Crippen LogP contribution >= 0.6 is 11.3 Å². The van der Waals surface area contributed by atoms with Crippen molar-refractivity contribution in [1.82, 2.24) is 15.0 Å². The highest BCUT2D eigenvalue weighted by Gasteiger charge is 2.19. The SMILES string of the molecule is c1ccc(-c2ccc(-c3nc(-c4ccc5c(-c6ccc7c(c6)sc6ccccc67)cccc5c4)nc(-c4ccc(-c5ccc6oc7cc8ccccc8cc7c6c5)c5ccccc45)n3)cc2)cc1. The van der Waals surface area contributed by atoms with Gasteiger partial charge in [-0.25, -0.2) is 15.0 Å². The number of fused-ring (bicyclic) bond motifs is 9. The Morgan fingerprint density at radius 1 is 0.265 bits per heavy atom. The smallest absolute Gasteiger partial charge is 0.164 e. The zero-order chi connectivity index (χ0) is 44.7. The maximum atomic E-state index is 6.39. The molecule has 0 aliphatic heterocycles. The minimum Gasteiger partial charge on any atom is -0.456 e. The van der Waals surface area contributed by atoms with Crippen LogP contribution in [0.5, 0.6) is 0 Å². The van der Waals surface area contributed by atoms with Crippen molar-refractivity contribution >= 4 is 85.8 Å².